The fourth-order valence-electron chi connectivity index (χ4n) is 1.93. The SMILES string of the molecule is Cc1ncc(C[n+]2csc(CCO[P+](O)(O)O)c2C)c(N)n1. The molecule has 0 aliphatic rings. The Bertz CT molecular complexity index is 659. The lowest BCUT2D eigenvalue weighted by atomic mass is 10.2. The van der Waals surface area contributed by atoms with Crippen molar-refractivity contribution in [2.45, 2.75) is 26.8 Å². The molecule has 0 saturated heterocycles. The number of rotatable bonds is 6. The van der Waals surface area contributed by atoms with Gasteiger partial charge in [-0.3, -0.25) is 0 Å². The average molecular weight is 346 g/mol. The molecular weight excluding hydrogens is 327 g/mol. The predicted molar refractivity (Wildman–Crippen MR) is 82.8 cm³/mol. The smallest absolute Gasteiger partial charge is 0.383 e. The Labute approximate surface area is 132 Å². The Morgan fingerprint density at radius 3 is 2.73 bits per heavy atom. The highest BCUT2D eigenvalue weighted by Crippen LogP contribution is 2.45. The van der Waals surface area contributed by atoms with Crippen molar-refractivity contribution in [2.24, 2.45) is 0 Å². The van der Waals surface area contributed by atoms with Crippen LogP contribution in [0.15, 0.2) is 11.7 Å². The van der Waals surface area contributed by atoms with Crippen LogP contribution in [0.1, 0.15) is 22.0 Å². The van der Waals surface area contributed by atoms with Crippen LogP contribution in [0, 0.1) is 13.8 Å². The molecule has 2 heterocycles. The summed E-state index contributed by atoms with van der Waals surface area (Å²) in [7, 11) is -4.16. The van der Waals surface area contributed by atoms with Gasteiger partial charge in [-0.05, 0) is 6.92 Å². The quantitative estimate of drug-likeness (QED) is 0.437. The molecule has 8 nitrogen and oxygen atoms in total. The molecule has 2 aromatic rings. The van der Waals surface area contributed by atoms with Crippen molar-refractivity contribution in [2.75, 3.05) is 12.3 Å². The lowest BCUT2D eigenvalue weighted by Crippen LogP contribution is -2.35. The zero-order valence-electron chi connectivity index (χ0n) is 12.3. The summed E-state index contributed by atoms with van der Waals surface area (Å²) in [5.74, 6) is 1.10. The van der Waals surface area contributed by atoms with Crippen LogP contribution >= 0.6 is 19.5 Å². The van der Waals surface area contributed by atoms with E-state index in [0.29, 0.717) is 24.6 Å². The fraction of sp³-hybridized carbons (Fsp3) is 0.417. The third kappa shape index (κ3) is 4.64. The Morgan fingerprint density at radius 1 is 1.36 bits per heavy atom. The number of nitrogen functional groups attached to an aromatic ring is 1. The van der Waals surface area contributed by atoms with Crippen LogP contribution < -0.4 is 10.3 Å². The molecule has 0 saturated carbocycles. The van der Waals surface area contributed by atoms with Gasteiger partial charge in [0.05, 0.1) is 10.4 Å². The van der Waals surface area contributed by atoms with Gasteiger partial charge in [0.1, 0.15) is 18.2 Å². The number of hydrogen-bond acceptors (Lipinski definition) is 8. The van der Waals surface area contributed by atoms with E-state index in [9.17, 15) is 0 Å². The maximum absolute atomic E-state index is 8.79. The number of hydrogen-bond donors (Lipinski definition) is 4. The Balaban J connectivity index is 2.04. The van der Waals surface area contributed by atoms with Gasteiger partial charge >= 0.3 is 8.17 Å². The molecule has 22 heavy (non-hydrogen) atoms. The molecule has 0 spiro atoms. The summed E-state index contributed by atoms with van der Waals surface area (Å²) < 4.78 is 6.60. The zero-order valence-corrected chi connectivity index (χ0v) is 14.0. The summed E-state index contributed by atoms with van der Waals surface area (Å²) in [5.41, 5.74) is 9.70. The van der Waals surface area contributed by atoms with E-state index in [0.717, 1.165) is 16.1 Å². The fourth-order valence-corrected chi connectivity index (χ4v) is 3.24. The number of aromatic nitrogens is 3. The molecule has 10 heteroatoms. The highest BCUT2D eigenvalue weighted by molar-refractivity contribution is 7.53. The first kappa shape index (κ1) is 17.1. The highest BCUT2D eigenvalue weighted by Gasteiger charge is 2.33. The van der Waals surface area contributed by atoms with Crippen LogP contribution in [0.5, 0.6) is 0 Å². The first-order valence-corrected chi connectivity index (χ1v) is 8.97. The van der Waals surface area contributed by atoms with Crippen molar-refractivity contribution in [3.05, 3.63) is 33.7 Å². The van der Waals surface area contributed by atoms with Gasteiger partial charge in [-0.15, -0.1) is 0 Å². The summed E-state index contributed by atoms with van der Waals surface area (Å²) >= 11 is 1.52. The largest absolute Gasteiger partial charge is 0.567 e. The third-order valence-electron chi connectivity index (χ3n) is 3.11. The van der Waals surface area contributed by atoms with E-state index >= 15 is 0 Å². The molecule has 0 aromatic carbocycles. The number of nitrogens with zero attached hydrogens (tertiary/aromatic N) is 3. The van der Waals surface area contributed by atoms with Gasteiger partial charge in [-0.25, -0.2) is 9.97 Å². The van der Waals surface area contributed by atoms with Crippen LogP contribution in [0.3, 0.4) is 0 Å². The Hall–Kier alpha value is -1.22. The summed E-state index contributed by atoms with van der Waals surface area (Å²) in [5, 5.41) is 0. The van der Waals surface area contributed by atoms with Gasteiger partial charge in [0.2, 0.25) is 5.51 Å². The second-order valence-corrected chi connectivity index (χ2v) is 7.01. The van der Waals surface area contributed by atoms with Crippen molar-refractivity contribution < 1.29 is 23.8 Å². The molecule has 2 rings (SSSR count). The van der Waals surface area contributed by atoms with E-state index in [2.05, 4.69) is 14.5 Å². The number of thiazole rings is 1. The monoisotopic (exact) mass is 346 g/mol. The van der Waals surface area contributed by atoms with E-state index < -0.39 is 8.17 Å². The minimum Gasteiger partial charge on any atom is -0.383 e. The molecule has 0 radical (unpaired) electrons. The second-order valence-electron chi connectivity index (χ2n) is 4.78. The van der Waals surface area contributed by atoms with Gasteiger partial charge in [0.15, 0.2) is 12.2 Å². The van der Waals surface area contributed by atoms with E-state index in [-0.39, 0.29) is 6.61 Å². The molecule has 0 unspecified atom stereocenters. The van der Waals surface area contributed by atoms with E-state index in [1.807, 2.05) is 17.0 Å². The topological polar surface area (TPSA) is 126 Å². The number of nitrogens with two attached hydrogens (primary N) is 1. The van der Waals surface area contributed by atoms with E-state index in [1.54, 1.807) is 13.1 Å². The van der Waals surface area contributed by atoms with Gasteiger partial charge < -0.3 is 5.73 Å². The second kappa shape index (κ2) is 6.91. The molecule has 0 amide bonds. The van der Waals surface area contributed by atoms with Gasteiger partial charge in [0, 0.05) is 19.5 Å². The van der Waals surface area contributed by atoms with Gasteiger partial charge in [0.25, 0.3) is 0 Å². The molecule has 0 aliphatic carbocycles. The lowest BCUT2D eigenvalue weighted by molar-refractivity contribution is -0.689. The van der Waals surface area contributed by atoms with Crippen LogP contribution in [0.4, 0.5) is 5.82 Å². The molecule has 0 aliphatic heterocycles. The van der Waals surface area contributed by atoms with Crippen molar-refractivity contribution in [1.29, 1.82) is 0 Å². The maximum atomic E-state index is 8.79. The Morgan fingerprint density at radius 2 is 2.09 bits per heavy atom. The number of aryl methyl sites for hydroxylation is 1. The minimum absolute atomic E-state index is 0.0361. The van der Waals surface area contributed by atoms with Crippen molar-refractivity contribution in [1.82, 2.24) is 9.97 Å². The molecule has 0 atom stereocenters. The highest BCUT2D eigenvalue weighted by atomic mass is 32.1. The molecule has 5 N–H and O–H groups in total. The summed E-state index contributed by atoms with van der Waals surface area (Å²) in [6.45, 7) is 4.34. The first-order valence-electron chi connectivity index (χ1n) is 6.52. The summed E-state index contributed by atoms with van der Waals surface area (Å²) in [6.07, 6.45) is 2.19. The standard InChI is InChI=1S/C12H19N4O4PS/c1-8-11(3-4-20-21(17,18)19)22-7-16(8)6-10-5-14-9(2)15-12(10)13/h5,7,17-19H,3-4,6H2,1-2H3,(H2,13,14,15)/q+2. The van der Waals surface area contributed by atoms with E-state index in [1.165, 1.54) is 11.3 Å². The van der Waals surface area contributed by atoms with Crippen molar-refractivity contribution in [3.63, 3.8) is 0 Å². The number of anilines is 1. The third-order valence-corrected chi connectivity index (χ3v) is 4.78. The zero-order chi connectivity index (χ0) is 16.3. The minimum atomic E-state index is -4.16. The van der Waals surface area contributed by atoms with Gasteiger partial charge in [-0.2, -0.15) is 23.8 Å². The maximum Gasteiger partial charge on any atom is 0.567 e. The normalized spacial score (nSPS) is 11.9. The summed E-state index contributed by atoms with van der Waals surface area (Å²) in [4.78, 5) is 35.7. The lowest BCUT2D eigenvalue weighted by Gasteiger charge is -2.03. The van der Waals surface area contributed by atoms with Crippen LogP contribution in [0.25, 0.3) is 0 Å². The predicted octanol–water partition coefficient (Wildman–Crippen LogP) is 0.287. The van der Waals surface area contributed by atoms with Gasteiger partial charge in [-0.1, -0.05) is 11.3 Å². The van der Waals surface area contributed by atoms with E-state index in [4.69, 9.17) is 20.4 Å². The van der Waals surface area contributed by atoms with Crippen molar-refractivity contribution in [3.8, 4) is 0 Å². The molecule has 0 fully saturated rings. The molecule has 0 bridgehead atoms. The van der Waals surface area contributed by atoms with Crippen LogP contribution in [0.2, 0.25) is 0 Å². The Kier molecular flexibility index (Phi) is 5.38. The van der Waals surface area contributed by atoms with Crippen LogP contribution in [-0.2, 0) is 17.5 Å². The summed E-state index contributed by atoms with van der Waals surface area (Å²) in [6, 6.07) is 0. The van der Waals surface area contributed by atoms with Crippen molar-refractivity contribution >= 4 is 25.3 Å². The molecular formula is C12H19N4O4PS+2. The average Bonchev–Trinajstić information content (AvgIpc) is 2.73. The molecule has 2 aromatic heterocycles. The first-order chi connectivity index (χ1) is 10.3. The molecule has 120 valence electrons. The van der Waals surface area contributed by atoms with Crippen LogP contribution in [-0.4, -0.2) is 31.3 Å².